The van der Waals surface area contributed by atoms with Crippen LogP contribution in [-0.2, 0) is 19.6 Å². The summed E-state index contributed by atoms with van der Waals surface area (Å²) in [7, 11) is -3.38. The molecule has 0 saturated heterocycles. The molecule has 0 unspecified atom stereocenters. The molecule has 0 aromatic heterocycles. The Bertz CT molecular complexity index is 278. The van der Waals surface area contributed by atoms with Crippen molar-refractivity contribution in [2.75, 3.05) is 24.8 Å². The lowest BCUT2D eigenvalue weighted by Gasteiger charge is -2.05. The van der Waals surface area contributed by atoms with Gasteiger partial charge in [-0.25, -0.2) is 13.1 Å². The Hall–Kier alpha value is -0.330. The first-order valence-electron chi connectivity index (χ1n) is 4.70. The van der Waals surface area contributed by atoms with Crippen LogP contribution in [0.5, 0.6) is 0 Å². The molecule has 0 bridgehead atoms. The molecule has 90 valence electrons. The highest BCUT2D eigenvalue weighted by Gasteiger charge is 2.11. The Labute approximate surface area is 95.2 Å². The van der Waals surface area contributed by atoms with Crippen LogP contribution in [0.3, 0.4) is 0 Å². The Balaban J connectivity index is 3.78. The number of ether oxygens (including phenoxy) is 1. The molecule has 7 heteroatoms. The lowest BCUT2D eigenvalue weighted by molar-refractivity contribution is -0.141. The van der Waals surface area contributed by atoms with Gasteiger partial charge in [0.2, 0.25) is 10.0 Å². The molecule has 0 rings (SSSR count). The highest BCUT2D eigenvalue weighted by atomic mass is 35.5. The minimum Gasteiger partial charge on any atom is -0.465 e. The summed E-state index contributed by atoms with van der Waals surface area (Å²) in [5, 5.41) is 0. The minimum atomic E-state index is -3.38. The maximum atomic E-state index is 11.3. The van der Waals surface area contributed by atoms with Crippen molar-refractivity contribution in [3.63, 3.8) is 0 Å². The van der Waals surface area contributed by atoms with Gasteiger partial charge in [0.25, 0.3) is 0 Å². The number of halogens is 1. The summed E-state index contributed by atoms with van der Waals surface area (Å²) in [5.74, 6) is -0.148. The summed E-state index contributed by atoms with van der Waals surface area (Å²) in [6.45, 7) is 1.59. The van der Waals surface area contributed by atoms with E-state index in [-0.39, 0.29) is 18.9 Å². The van der Waals surface area contributed by atoms with Gasteiger partial charge in [-0.3, -0.25) is 4.79 Å². The molecule has 0 aliphatic heterocycles. The summed E-state index contributed by atoms with van der Waals surface area (Å²) in [4.78, 5) is 10.8. The number of unbranched alkanes of at least 4 members (excludes halogenated alkanes) is 1. The second kappa shape index (κ2) is 7.90. The Morgan fingerprint density at radius 1 is 1.40 bits per heavy atom. The molecule has 0 aliphatic carbocycles. The third-order valence-corrected chi connectivity index (χ3v) is 3.22. The van der Waals surface area contributed by atoms with E-state index in [9.17, 15) is 13.2 Å². The number of esters is 1. The van der Waals surface area contributed by atoms with Gasteiger partial charge in [0.15, 0.2) is 0 Å². The zero-order chi connectivity index (χ0) is 11.7. The molecule has 15 heavy (non-hydrogen) atoms. The molecule has 0 aromatic carbocycles. The van der Waals surface area contributed by atoms with E-state index < -0.39 is 16.0 Å². The Morgan fingerprint density at radius 2 is 2.07 bits per heavy atom. The standard InChI is InChI=1S/C8H16ClNO4S/c1-2-14-8(11)7-10-15(12,13)6-4-3-5-9/h10H,2-7H2,1H3. The van der Waals surface area contributed by atoms with Crippen LogP contribution < -0.4 is 4.72 Å². The van der Waals surface area contributed by atoms with Gasteiger partial charge in [0.05, 0.1) is 12.4 Å². The van der Waals surface area contributed by atoms with Crippen molar-refractivity contribution in [1.82, 2.24) is 4.72 Å². The molecule has 0 aliphatic rings. The van der Waals surface area contributed by atoms with E-state index in [1.54, 1.807) is 6.92 Å². The van der Waals surface area contributed by atoms with Gasteiger partial charge in [-0.1, -0.05) is 0 Å². The van der Waals surface area contributed by atoms with Crippen molar-refractivity contribution in [1.29, 1.82) is 0 Å². The van der Waals surface area contributed by atoms with Gasteiger partial charge in [0.1, 0.15) is 6.54 Å². The van der Waals surface area contributed by atoms with Crippen molar-refractivity contribution in [3.05, 3.63) is 0 Å². The van der Waals surface area contributed by atoms with E-state index in [1.807, 2.05) is 0 Å². The van der Waals surface area contributed by atoms with Crippen LogP contribution in [0.15, 0.2) is 0 Å². The summed E-state index contributed by atoms with van der Waals surface area (Å²) in [6.07, 6.45) is 1.13. The number of hydrogen-bond acceptors (Lipinski definition) is 4. The monoisotopic (exact) mass is 257 g/mol. The molecule has 0 spiro atoms. The molecule has 1 N–H and O–H groups in total. The fraction of sp³-hybridized carbons (Fsp3) is 0.875. The maximum Gasteiger partial charge on any atom is 0.320 e. The highest BCUT2D eigenvalue weighted by molar-refractivity contribution is 7.89. The average Bonchev–Trinajstić information content (AvgIpc) is 2.16. The molecule has 0 atom stereocenters. The van der Waals surface area contributed by atoms with Gasteiger partial charge in [-0.2, -0.15) is 0 Å². The normalized spacial score (nSPS) is 11.3. The number of hydrogen-bond donors (Lipinski definition) is 1. The van der Waals surface area contributed by atoms with Crippen molar-refractivity contribution >= 4 is 27.6 Å². The van der Waals surface area contributed by atoms with Crippen molar-refractivity contribution in [3.8, 4) is 0 Å². The van der Waals surface area contributed by atoms with Crippen LogP contribution in [-0.4, -0.2) is 39.2 Å². The zero-order valence-corrected chi connectivity index (χ0v) is 10.2. The van der Waals surface area contributed by atoms with E-state index in [0.29, 0.717) is 18.7 Å². The fourth-order valence-corrected chi connectivity index (χ4v) is 2.09. The van der Waals surface area contributed by atoms with Crippen molar-refractivity contribution in [2.45, 2.75) is 19.8 Å². The number of alkyl halides is 1. The first kappa shape index (κ1) is 14.7. The Kier molecular flexibility index (Phi) is 7.72. The van der Waals surface area contributed by atoms with Gasteiger partial charge in [-0.15, -0.1) is 11.6 Å². The molecule has 0 fully saturated rings. The van der Waals surface area contributed by atoms with Gasteiger partial charge >= 0.3 is 5.97 Å². The van der Waals surface area contributed by atoms with Gasteiger partial charge in [0, 0.05) is 5.88 Å². The predicted molar refractivity (Wildman–Crippen MR) is 58.4 cm³/mol. The second-order valence-electron chi connectivity index (χ2n) is 2.84. The number of nitrogens with one attached hydrogen (secondary N) is 1. The molecule has 0 aromatic rings. The SMILES string of the molecule is CCOC(=O)CNS(=O)(=O)CCCCCl. The van der Waals surface area contributed by atoms with Crippen LogP contribution in [0.4, 0.5) is 0 Å². The number of carbonyl (C=O) groups excluding carboxylic acids is 1. The third kappa shape index (κ3) is 8.65. The quantitative estimate of drug-likeness (QED) is 0.390. The average molecular weight is 258 g/mol. The van der Waals surface area contributed by atoms with E-state index >= 15 is 0 Å². The van der Waals surface area contributed by atoms with Crippen molar-refractivity contribution in [2.24, 2.45) is 0 Å². The number of sulfonamides is 1. The largest absolute Gasteiger partial charge is 0.465 e. The molecule has 0 radical (unpaired) electrons. The van der Waals surface area contributed by atoms with Crippen LogP contribution in [0.25, 0.3) is 0 Å². The first-order chi connectivity index (χ1) is 7.02. The van der Waals surface area contributed by atoms with E-state index in [0.717, 1.165) is 0 Å². The molecule has 0 heterocycles. The van der Waals surface area contributed by atoms with Crippen molar-refractivity contribution < 1.29 is 17.9 Å². The summed E-state index contributed by atoms with van der Waals surface area (Å²) in [6, 6.07) is 0. The topological polar surface area (TPSA) is 72.5 Å². The van der Waals surface area contributed by atoms with Gasteiger partial charge in [-0.05, 0) is 19.8 Å². The number of carbonyl (C=O) groups is 1. The molecule has 0 amide bonds. The molecular weight excluding hydrogens is 242 g/mol. The lowest BCUT2D eigenvalue weighted by Crippen LogP contribution is -2.32. The lowest BCUT2D eigenvalue weighted by atomic mass is 10.4. The molecule has 5 nitrogen and oxygen atoms in total. The third-order valence-electron chi connectivity index (χ3n) is 1.54. The van der Waals surface area contributed by atoms with E-state index in [2.05, 4.69) is 9.46 Å². The summed E-state index contributed by atoms with van der Waals surface area (Å²) < 4.78 is 29.2. The molecular formula is C8H16ClNO4S. The van der Waals surface area contributed by atoms with E-state index in [1.165, 1.54) is 0 Å². The maximum absolute atomic E-state index is 11.3. The zero-order valence-electron chi connectivity index (χ0n) is 8.66. The van der Waals surface area contributed by atoms with Crippen LogP contribution in [0.2, 0.25) is 0 Å². The Morgan fingerprint density at radius 3 is 2.60 bits per heavy atom. The highest BCUT2D eigenvalue weighted by Crippen LogP contribution is 1.96. The van der Waals surface area contributed by atoms with E-state index in [4.69, 9.17) is 11.6 Å². The van der Waals surface area contributed by atoms with Crippen LogP contribution in [0, 0.1) is 0 Å². The molecule has 0 saturated carbocycles. The summed E-state index contributed by atoms with van der Waals surface area (Å²) >= 11 is 5.41. The predicted octanol–water partition coefficient (Wildman–Crippen LogP) is 0.488. The smallest absolute Gasteiger partial charge is 0.320 e. The van der Waals surface area contributed by atoms with Crippen LogP contribution in [0.1, 0.15) is 19.8 Å². The second-order valence-corrected chi connectivity index (χ2v) is 5.15. The van der Waals surface area contributed by atoms with Gasteiger partial charge < -0.3 is 4.74 Å². The minimum absolute atomic E-state index is 0.0148. The van der Waals surface area contributed by atoms with Crippen LogP contribution >= 0.6 is 11.6 Å². The summed E-state index contributed by atoms with van der Waals surface area (Å²) in [5.41, 5.74) is 0. The first-order valence-corrected chi connectivity index (χ1v) is 6.89. The number of rotatable bonds is 8. The fourth-order valence-electron chi connectivity index (χ4n) is 0.840.